The summed E-state index contributed by atoms with van der Waals surface area (Å²) in [5.41, 5.74) is 4.87. The number of ether oxygens (including phenoxy) is 1. The summed E-state index contributed by atoms with van der Waals surface area (Å²) < 4.78 is 25.1. The SMILES string of the molecule is Cc1cc(C[C@@H](OC(=O)N2CCC(c3cc4ccccc4[nH]c3=O)CC2)c2nc(-c3ccc(F)cc3)no2)cc2cn[nH]c12. The third-order valence-corrected chi connectivity index (χ3v) is 8.26. The Hall–Kier alpha value is -5.32. The van der Waals surface area contributed by atoms with E-state index in [0.717, 1.165) is 38.5 Å². The van der Waals surface area contributed by atoms with Gasteiger partial charge in [0.15, 0.2) is 6.10 Å². The van der Waals surface area contributed by atoms with Crippen LogP contribution >= 0.6 is 0 Å². The highest BCUT2D eigenvalue weighted by molar-refractivity contribution is 5.82. The molecule has 4 heterocycles. The highest BCUT2D eigenvalue weighted by atomic mass is 19.1. The van der Waals surface area contributed by atoms with Crippen molar-refractivity contribution in [2.75, 3.05) is 13.1 Å². The molecular weight excluding hydrogens is 563 g/mol. The molecule has 1 amide bonds. The minimum Gasteiger partial charge on any atom is -0.436 e. The van der Waals surface area contributed by atoms with Crippen molar-refractivity contribution in [3.8, 4) is 11.4 Å². The van der Waals surface area contributed by atoms with Gasteiger partial charge >= 0.3 is 6.09 Å². The van der Waals surface area contributed by atoms with E-state index in [1.807, 2.05) is 49.4 Å². The molecule has 222 valence electrons. The van der Waals surface area contributed by atoms with Crippen LogP contribution in [0.1, 0.15) is 47.4 Å². The average Bonchev–Trinajstić information content (AvgIpc) is 3.72. The average molecular weight is 593 g/mol. The summed E-state index contributed by atoms with van der Waals surface area (Å²) >= 11 is 0. The van der Waals surface area contributed by atoms with E-state index < -0.39 is 12.2 Å². The Balaban J connectivity index is 1.10. The standard InChI is InChI=1S/C33H29FN6O4/c1-19-14-20(15-24-18-35-38-29(19)24)16-28(32-37-30(39-44-32)22-6-8-25(34)9-7-22)43-33(42)40-12-10-21(11-13-40)26-17-23-4-2-3-5-27(23)36-31(26)41/h2-9,14-15,17-18,21,28H,10-13,16H2,1H3,(H,35,38)(H,36,41)/t28-/m1/s1. The summed E-state index contributed by atoms with van der Waals surface area (Å²) in [7, 11) is 0. The first kappa shape index (κ1) is 27.5. The molecule has 6 aromatic rings. The largest absolute Gasteiger partial charge is 0.436 e. The van der Waals surface area contributed by atoms with E-state index in [0.29, 0.717) is 37.9 Å². The first-order valence-corrected chi connectivity index (χ1v) is 14.5. The lowest BCUT2D eigenvalue weighted by molar-refractivity contribution is 0.0416. The molecule has 0 saturated carbocycles. The van der Waals surface area contributed by atoms with Gasteiger partial charge in [0, 0.05) is 41.5 Å². The molecular formula is C33H29FN6O4. The zero-order valence-corrected chi connectivity index (χ0v) is 23.9. The summed E-state index contributed by atoms with van der Waals surface area (Å²) in [6.07, 6.45) is 1.94. The third kappa shape index (κ3) is 5.44. The van der Waals surface area contributed by atoms with Crippen LogP contribution in [0.5, 0.6) is 0 Å². The van der Waals surface area contributed by atoms with Crippen molar-refractivity contribution in [1.82, 2.24) is 30.2 Å². The van der Waals surface area contributed by atoms with E-state index in [1.54, 1.807) is 23.2 Å². The van der Waals surface area contributed by atoms with Gasteiger partial charge in [-0.1, -0.05) is 29.4 Å². The Labute approximate surface area is 250 Å². The molecule has 1 aliphatic heterocycles. The number of para-hydroxylation sites is 1. The number of benzene rings is 3. The Kier molecular flexibility index (Phi) is 7.13. The van der Waals surface area contributed by atoms with Crippen LogP contribution in [0.2, 0.25) is 0 Å². The highest BCUT2D eigenvalue weighted by Gasteiger charge is 2.31. The predicted molar refractivity (Wildman–Crippen MR) is 162 cm³/mol. The van der Waals surface area contributed by atoms with E-state index in [2.05, 4.69) is 25.3 Å². The number of carbonyl (C=O) groups excluding carboxylic acids is 1. The predicted octanol–water partition coefficient (Wildman–Crippen LogP) is 6.20. The van der Waals surface area contributed by atoms with Gasteiger partial charge in [0.25, 0.3) is 11.4 Å². The van der Waals surface area contributed by atoms with Crippen molar-refractivity contribution >= 4 is 27.9 Å². The number of piperidine rings is 1. The fourth-order valence-corrected chi connectivity index (χ4v) is 5.94. The second-order valence-corrected chi connectivity index (χ2v) is 11.2. The number of aryl methyl sites for hydroxylation is 1. The molecule has 44 heavy (non-hydrogen) atoms. The molecule has 0 unspecified atom stereocenters. The molecule has 3 aromatic heterocycles. The molecule has 1 saturated heterocycles. The molecule has 10 nitrogen and oxygen atoms in total. The second-order valence-electron chi connectivity index (χ2n) is 11.2. The number of pyridine rings is 1. The zero-order valence-electron chi connectivity index (χ0n) is 23.9. The molecule has 1 fully saturated rings. The molecule has 0 radical (unpaired) electrons. The molecule has 11 heteroatoms. The van der Waals surface area contributed by atoms with Crippen LogP contribution in [-0.4, -0.2) is 49.4 Å². The summed E-state index contributed by atoms with van der Waals surface area (Å²) in [4.78, 5) is 35.5. The summed E-state index contributed by atoms with van der Waals surface area (Å²) in [6, 6.07) is 19.4. The number of aromatic nitrogens is 5. The number of rotatable bonds is 6. The number of carbonyl (C=O) groups is 1. The van der Waals surface area contributed by atoms with Gasteiger partial charge in [-0.3, -0.25) is 9.89 Å². The Morgan fingerprint density at radius 3 is 2.70 bits per heavy atom. The Bertz CT molecular complexity index is 2020. The minimum absolute atomic E-state index is 0.0297. The molecule has 0 spiro atoms. The molecule has 2 N–H and O–H groups in total. The van der Waals surface area contributed by atoms with Gasteiger partial charge in [-0.25, -0.2) is 9.18 Å². The number of likely N-dealkylation sites (tertiary alicyclic amines) is 1. The zero-order chi connectivity index (χ0) is 30.2. The fourth-order valence-electron chi connectivity index (χ4n) is 5.94. The summed E-state index contributed by atoms with van der Waals surface area (Å²) in [5, 5.41) is 13.1. The van der Waals surface area contributed by atoms with Crippen LogP contribution in [0, 0.1) is 12.7 Å². The topological polar surface area (TPSA) is 130 Å². The molecule has 0 bridgehead atoms. The second kappa shape index (κ2) is 11.4. The van der Waals surface area contributed by atoms with Gasteiger partial charge in [-0.05, 0) is 84.7 Å². The van der Waals surface area contributed by atoms with Crippen molar-refractivity contribution < 1.29 is 18.4 Å². The normalized spacial score (nSPS) is 14.7. The monoisotopic (exact) mass is 592 g/mol. The van der Waals surface area contributed by atoms with E-state index in [1.165, 1.54) is 12.1 Å². The summed E-state index contributed by atoms with van der Waals surface area (Å²) in [5.74, 6) is 0.0643. The molecule has 1 atom stereocenters. The smallest absolute Gasteiger partial charge is 0.410 e. The minimum atomic E-state index is -0.867. The van der Waals surface area contributed by atoms with Crippen LogP contribution in [0.15, 0.2) is 82.2 Å². The molecule has 3 aromatic carbocycles. The molecule has 7 rings (SSSR count). The van der Waals surface area contributed by atoms with Crippen LogP contribution in [0.4, 0.5) is 9.18 Å². The van der Waals surface area contributed by atoms with Gasteiger partial charge < -0.3 is 19.1 Å². The Morgan fingerprint density at radius 1 is 1.09 bits per heavy atom. The van der Waals surface area contributed by atoms with Gasteiger partial charge in [-0.2, -0.15) is 10.1 Å². The third-order valence-electron chi connectivity index (χ3n) is 8.26. The van der Waals surface area contributed by atoms with E-state index in [9.17, 15) is 14.0 Å². The number of hydrogen-bond acceptors (Lipinski definition) is 7. The van der Waals surface area contributed by atoms with Gasteiger partial charge in [0.2, 0.25) is 5.82 Å². The van der Waals surface area contributed by atoms with Crippen molar-refractivity contribution in [3.63, 3.8) is 0 Å². The Morgan fingerprint density at radius 2 is 1.89 bits per heavy atom. The highest BCUT2D eigenvalue weighted by Crippen LogP contribution is 2.31. The number of hydrogen-bond donors (Lipinski definition) is 2. The first-order chi connectivity index (χ1) is 21.4. The first-order valence-electron chi connectivity index (χ1n) is 14.5. The van der Waals surface area contributed by atoms with Gasteiger partial charge in [-0.15, -0.1) is 0 Å². The quantitative estimate of drug-likeness (QED) is 0.235. The number of halogens is 1. The lowest BCUT2D eigenvalue weighted by Crippen LogP contribution is -2.39. The van der Waals surface area contributed by atoms with Crippen LogP contribution in [0.3, 0.4) is 0 Å². The molecule has 1 aliphatic rings. The number of aromatic amines is 2. The summed E-state index contributed by atoms with van der Waals surface area (Å²) in [6.45, 7) is 2.86. The van der Waals surface area contributed by atoms with Gasteiger partial charge in [0.1, 0.15) is 5.82 Å². The lowest BCUT2D eigenvalue weighted by atomic mass is 9.89. The van der Waals surface area contributed by atoms with E-state index >= 15 is 0 Å². The van der Waals surface area contributed by atoms with Crippen molar-refractivity contribution in [1.29, 1.82) is 0 Å². The fraction of sp³-hybridized carbons (Fsp3) is 0.242. The van der Waals surface area contributed by atoms with E-state index in [-0.39, 0.29) is 29.0 Å². The van der Waals surface area contributed by atoms with Crippen molar-refractivity contribution in [2.24, 2.45) is 0 Å². The van der Waals surface area contributed by atoms with Crippen LogP contribution < -0.4 is 5.56 Å². The van der Waals surface area contributed by atoms with Crippen LogP contribution in [-0.2, 0) is 11.2 Å². The number of amides is 1. The van der Waals surface area contributed by atoms with Crippen molar-refractivity contribution in [2.45, 2.75) is 38.2 Å². The molecule has 0 aliphatic carbocycles. The van der Waals surface area contributed by atoms with Crippen molar-refractivity contribution in [3.05, 3.63) is 112 Å². The maximum absolute atomic E-state index is 13.5. The number of H-pyrrole nitrogens is 2. The number of nitrogens with one attached hydrogen (secondary N) is 2. The lowest BCUT2D eigenvalue weighted by Gasteiger charge is -2.32. The van der Waals surface area contributed by atoms with Crippen LogP contribution in [0.25, 0.3) is 33.2 Å². The van der Waals surface area contributed by atoms with E-state index in [4.69, 9.17) is 9.26 Å². The number of nitrogens with zero attached hydrogens (tertiary/aromatic N) is 4. The van der Waals surface area contributed by atoms with Gasteiger partial charge in [0.05, 0.1) is 11.7 Å². The maximum Gasteiger partial charge on any atom is 0.410 e. The number of fused-ring (bicyclic) bond motifs is 2. The maximum atomic E-state index is 13.5.